The van der Waals surface area contributed by atoms with Crippen LogP contribution in [0.1, 0.15) is 42.9 Å². The fraction of sp³-hybridized carbons (Fsp3) is 0.485. The van der Waals surface area contributed by atoms with Crippen molar-refractivity contribution in [1.82, 2.24) is 4.90 Å². The highest BCUT2D eigenvalue weighted by atomic mass is 19.4. The number of ketones is 1. The molecule has 2 aromatic carbocycles. The van der Waals surface area contributed by atoms with Crippen LogP contribution < -0.4 is 9.47 Å². The van der Waals surface area contributed by atoms with Crippen LogP contribution in [-0.4, -0.2) is 87.9 Å². The number of hydrogen-bond donors (Lipinski definition) is 0. The summed E-state index contributed by atoms with van der Waals surface area (Å²) in [6.45, 7) is 1.18. The van der Waals surface area contributed by atoms with Crippen molar-refractivity contribution in [3.8, 4) is 11.5 Å². The third-order valence-electron chi connectivity index (χ3n) is 9.59. The van der Waals surface area contributed by atoms with Crippen LogP contribution in [0.3, 0.4) is 0 Å². The van der Waals surface area contributed by atoms with E-state index in [2.05, 4.69) is 0 Å². The van der Waals surface area contributed by atoms with Crippen molar-refractivity contribution in [2.75, 3.05) is 35.0 Å². The van der Waals surface area contributed by atoms with Gasteiger partial charge in [-0.25, -0.2) is 9.59 Å². The maximum Gasteiger partial charge on any atom is 0.432 e. The topological polar surface area (TPSA) is 144 Å². The van der Waals surface area contributed by atoms with Crippen LogP contribution >= 0.6 is 0 Å². The molecule has 15 heteroatoms. The van der Waals surface area contributed by atoms with Crippen LogP contribution in [-0.2, 0) is 60.5 Å². The lowest BCUT2D eigenvalue weighted by molar-refractivity contribution is -0.279. The minimum Gasteiger partial charge on any atom is -0.493 e. The summed E-state index contributed by atoms with van der Waals surface area (Å²) in [5, 5.41) is 0. The van der Waals surface area contributed by atoms with Gasteiger partial charge in [-0.15, -0.1) is 0 Å². The highest BCUT2D eigenvalue weighted by Crippen LogP contribution is 2.65. The van der Waals surface area contributed by atoms with E-state index in [1.165, 1.54) is 45.4 Å². The Kier molecular flexibility index (Phi) is 8.97. The molecule has 48 heavy (non-hydrogen) atoms. The van der Waals surface area contributed by atoms with E-state index in [1.54, 1.807) is 6.07 Å². The SMILES string of the molecule is CCOC(=O)[C@]12CC(=O)CC[C@]13c1cc(OC)c(OC)cc1C[C@@H](C(=O)OC)N3C(=O)[C@@H]2OC(=O)[C@@](OC)(c1ccccc1)C(F)(F)F. The minimum absolute atomic E-state index is 0.157. The van der Waals surface area contributed by atoms with Crippen molar-refractivity contribution in [2.45, 2.75) is 62.1 Å². The molecular weight excluding hydrogens is 643 g/mol. The number of nitrogens with zero attached hydrogens (tertiary/aromatic N) is 1. The standard InChI is InChI=1S/C33H34F3NO11/c1-6-47-28(41)30-17-20(38)12-13-31(30)21-16-24(44-3)23(43-2)15-18(21)14-22(27(40)45-4)37(31)26(39)25(30)48-29(42)32(46-5,33(34,35)36)19-10-8-7-9-11-19/h7-11,15-16,22,25H,6,12-14,17H2,1-5H3/t22-,25-,30+,31-,32-/m0/s1. The van der Waals surface area contributed by atoms with E-state index in [1.807, 2.05) is 0 Å². The van der Waals surface area contributed by atoms with E-state index in [0.29, 0.717) is 12.7 Å². The average Bonchev–Trinajstić information content (AvgIpc) is 3.29. The number of hydrogen-bond acceptors (Lipinski definition) is 11. The first-order valence-electron chi connectivity index (χ1n) is 15.0. The molecule has 0 unspecified atom stereocenters. The Morgan fingerprint density at radius 3 is 2.19 bits per heavy atom. The predicted molar refractivity (Wildman–Crippen MR) is 157 cm³/mol. The average molecular weight is 678 g/mol. The van der Waals surface area contributed by atoms with E-state index in [0.717, 1.165) is 24.1 Å². The quantitative estimate of drug-likeness (QED) is 0.285. The number of ether oxygens (including phenoxy) is 6. The normalized spacial score (nSPS) is 26.0. The van der Waals surface area contributed by atoms with Gasteiger partial charge in [-0.05, 0) is 36.6 Å². The van der Waals surface area contributed by atoms with Crippen LogP contribution in [0.2, 0.25) is 0 Å². The Balaban J connectivity index is 1.84. The molecule has 1 aliphatic carbocycles. The van der Waals surface area contributed by atoms with E-state index in [-0.39, 0.29) is 42.9 Å². The third kappa shape index (κ3) is 4.65. The van der Waals surface area contributed by atoms with Crippen LogP contribution in [0.4, 0.5) is 13.2 Å². The van der Waals surface area contributed by atoms with E-state index >= 15 is 0 Å². The van der Waals surface area contributed by atoms with Gasteiger partial charge < -0.3 is 33.3 Å². The van der Waals surface area contributed by atoms with E-state index in [9.17, 15) is 37.1 Å². The first-order chi connectivity index (χ1) is 22.7. The van der Waals surface area contributed by atoms with Crippen molar-refractivity contribution in [1.29, 1.82) is 0 Å². The van der Waals surface area contributed by atoms with Crippen molar-refractivity contribution in [2.24, 2.45) is 5.41 Å². The summed E-state index contributed by atoms with van der Waals surface area (Å²) < 4.78 is 76.8. The smallest absolute Gasteiger partial charge is 0.432 e. The lowest BCUT2D eigenvalue weighted by Gasteiger charge is -2.55. The molecule has 2 aromatic rings. The van der Waals surface area contributed by atoms with Gasteiger partial charge in [0.2, 0.25) is 0 Å². The number of fused-ring (bicyclic) bond motifs is 1. The zero-order valence-electron chi connectivity index (χ0n) is 26.8. The number of esters is 3. The molecule has 1 amide bonds. The molecule has 0 radical (unpaired) electrons. The second kappa shape index (κ2) is 12.4. The van der Waals surface area contributed by atoms with Gasteiger partial charge >= 0.3 is 24.1 Å². The molecule has 0 bridgehead atoms. The van der Waals surface area contributed by atoms with Crippen LogP contribution in [0, 0.1) is 5.41 Å². The number of rotatable bonds is 9. The van der Waals surface area contributed by atoms with Gasteiger partial charge in [-0.2, -0.15) is 13.2 Å². The number of Topliss-reactive ketones (excluding diaryl/α,β-unsaturated/α-hetero) is 1. The second-order valence-electron chi connectivity index (χ2n) is 11.6. The molecule has 1 spiro atoms. The summed E-state index contributed by atoms with van der Waals surface area (Å²) in [5.41, 5.74) is -8.20. The summed E-state index contributed by atoms with van der Waals surface area (Å²) in [6.07, 6.45) is -9.25. The Morgan fingerprint density at radius 1 is 0.979 bits per heavy atom. The fourth-order valence-electron chi connectivity index (χ4n) is 7.62. The number of methoxy groups -OCH3 is 4. The number of amides is 1. The molecule has 5 rings (SSSR count). The maximum absolute atomic E-state index is 15.0. The number of halogens is 3. The number of carbonyl (C=O) groups is 5. The van der Waals surface area contributed by atoms with Gasteiger partial charge in [0.1, 0.15) is 17.2 Å². The largest absolute Gasteiger partial charge is 0.493 e. The van der Waals surface area contributed by atoms with Gasteiger partial charge in [-0.3, -0.25) is 14.4 Å². The third-order valence-corrected chi connectivity index (χ3v) is 9.59. The van der Waals surface area contributed by atoms with Gasteiger partial charge in [0.15, 0.2) is 17.6 Å². The monoisotopic (exact) mass is 677 g/mol. The van der Waals surface area contributed by atoms with Crippen LogP contribution in [0.15, 0.2) is 42.5 Å². The Morgan fingerprint density at radius 2 is 1.62 bits per heavy atom. The zero-order valence-corrected chi connectivity index (χ0v) is 26.8. The highest BCUT2D eigenvalue weighted by Gasteiger charge is 2.80. The molecule has 2 fully saturated rings. The van der Waals surface area contributed by atoms with Gasteiger partial charge in [0.25, 0.3) is 11.5 Å². The Bertz CT molecular complexity index is 1650. The van der Waals surface area contributed by atoms with Crippen molar-refractivity contribution < 1.29 is 65.6 Å². The van der Waals surface area contributed by atoms with Crippen LogP contribution in [0.5, 0.6) is 11.5 Å². The van der Waals surface area contributed by atoms with Crippen LogP contribution in [0.25, 0.3) is 0 Å². The lowest BCUT2D eigenvalue weighted by Crippen LogP contribution is -2.66. The summed E-state index contributed by atoms with van der Waals surface area (Å²) in [6, 6.07) is 7.47. The molecule has 1 saturated carbocycles. The first-order valence-corrected chi connectivity index (χ1v) is 15.0. The summed E-state index contributed by atoms with van der Waals surface area (Å²) >= 11 is 0. The Labute approximate surface area is 273 Å². The molecule has 3 aliphatic rings. The number of benzene rings is 2. The minimum atomic E-state index is -5.43. The second-order valence-corrected chi connectivity index (χ2v) is 11.6. The maximum atomic E-state index is 15.0. The first kappa shape index (κ1) is 34.7. The summed E-state index contributed by atoms with van der Waals surface area (Å²) in [7, 11) is 4.45. The molecule has 5 atom stereocenters. The number of carbonyl (C=O) groups excluding carboxylic acids is 5. The summed E-state index contributed by atoms with van der Waals surface area (Å²) in [5.74, 6) is -5.53. The van der Waals surface area contributed by atoms with E-state index < -0.39 is 76.5 Å². The number of alkyl halides is 3. The zero-order chi connectivity index (χ0) is 35.2. The van der Waals surface area contributed by atoms with Gasteiger partial charge in [0, 0.05) is 31.9 Å². The van der Waals surface area contributed by atoms with Gasteiger partial charge in [-0.1, -0.05) is 30.3 Å². The van der Waals surface area contributed by atoms with E-state index in [4.69, 9.17) is 28.4 Å². The molecule has 1 saturated heterocycles. The highest BCUT2D eigenvalue weighted by molar-refractivity contribution is 6.04. The molecule has 258 valence electrons. The molecule has 2 heterocycles. The molecule has 0 aromatic heterocycles. The summed E-state index contributed by atoms with van der Waals surface area (Å²) in [4.78, 5) is 70.9. The van der Waals surface area contributed by atoms with Gasteiger partial charge in [0.05, 0.1) is 33.5 Å². The fourth-order valence-corrected chi connectivity index (χ4v) is 7.62. The van der Waals surface area contributed by atoms with Crippen molar-refractivity contribution in [3.05, 3.63) is 59.2 Å². The van der Waals surface area contributed by atoms with Crippen molar-refractivity contribution in [3.63, 3.8) is 0 Å². The predicted octanol–water partition coefficient (Wildman–Crippen LogP) is 3.16. The lowest BCUT2D eigenvalue weighted by atomic mass is 9.55. The Hall–Kier alpha value is -4.66. The molecule has 2 aliphatic heterocycles. The molecule has 0 N–H and O–H groups in total. The molecular formula is C33H34F3NO11. The molecule has 12 nitrogen and oxygen atoms in total. The van der Waals surface area contributed by atoms with Crippen molar-refractivity contribution >= 4 is 29.6 Å².